The normalized spacial score (nSPS) is 12.5. The average Bonchev–Trinajstić information content (AvgIpc) is 2.54. The predicted octanol–water partition coefficient (Wildman–Crippen LogP) is 1.65. The molecule has 0 aliphatic carbocycles. The molecule has 0 aromatic heterocycles. The van der Waals surface area contributed by atoms with Crippen LogP contribution in [0.3, 0.4) is 0 Å². The van der Waals surface area contributed by atoms with E-state index < -0.39 is 0 Å². The molecule has 0 saturated heterocycles. The monoisotopic (exact) mass is 292 g/mol. The van der Waals surface area contributed by atoms with Crippen molar-refractivity contribution in [3.63, 3.8) is 0 Å². The highest BCUT2D eigenvalue weighted by Crippen LogP contribution is 2.15. The van der Waals surface area contributed by atoms with Crippen molar-refractivity contribution in [2.45, 2.75) is 32.2 Å². The molecule has 1 atom stereocenters. The Morgan fingerprint density at radius 2 is 1.57 bits per heavy atom. The largest absolute Gasteiger partial charge is 0.330 e. The van der Waals surface area contributed by atoms with Crippen molar-refractivity contribution in [2.75, 3.05) is 39.3 Å². The van der Waals surface area contributed by atoms with Gasteiger partial charge in [-0.1, -0.05) is 37.3 Å². The zero-order valence-electron chi connectivity index (χ0n) is 13.4. The van der Waals surface area contributed by atoms with Crippen LogP contribution in [0, 0.1) is 0 Å². The Hall–Kier alpha value is -0.940. The fourth-order valence-corrected chi connectivity index (χ4v) is 2.33. The number of hydrogen-bond acceptors (Lipinski definition) is 4. The summed E-state index contributed by atoms with van der Waals surface area (Å²) < 4.78 is 0. The van der Waals surface area contributed by atoms with E-state index in [0.29, 0.717) is 6.04 Å². The molecule has 4 nitrogen and oxygen atoms in total. The van der Waals surface area contributed by atoms with Gasteiger partial charge < -0.3 is 21.7 Å². The molecule has 0 aliphatic heterocycles. The second-order valence-corrected chi connectivity index (χ2v) is 5.32. The van der Waals surface area contributed by atoms with Gasteiger partial charge in [0, 0.05) is 19.1 Å². The summed E-state index contributed by atoms with van der Waals surface area (Å²) in [5.74, 6) is 0. The molecule has 0 radical (unpaired) electrons. The van der Waals surface area contributed by atoms with E-state index >= 15 is 0 Å². The molecule has 1 aromatic rings. The minimum absolute atomic E-state index is 0.476. The van der Waals surface area contributed by atoms with Crippen LogP contribution in [-0.4, -0.2) is 39.3 Å². The van der Waals surface area contributed by atoms with Gasteiger partial charge in [-0.05, 0) is 51.0 Å². The van der Waals surface area contributed by atoms with Crippen molar-refractivity contribution < 1.29 is 0 Å². The molecule has 4 heteroatoms. The molecule has 0 spiro atoms. The van der Waals surface area contributed by atoms with Gasteiger partial charge in [0.1, 0.15) is 0 Å². The number of nitrogens with two attached hydrogens (primary N) is 1. The van der Waals surface area contributed by atoms with Gasteiger partial charge in [-0.15, -0.1) is 0 Å². The zero-order valence-corrected chi connectivity index (χ0v) is 13.4. The van der Waals surface area contributed by atoms with Crippen LogP contribution >= 0.6 is 0 Å². The van der Waals surface area contributed by atoms with E-state index in [1.165, 1.54) is 5.56 Å². The molecular formula is C17H32N4. The lowest BCUT2D eigenvalue weighted by molar-refractivity contribution is 0.497. The molecule has 0 amide bonds. The van der Waals surface area contributed by atoms with Crippen molar-refractivity contribution in [1.82, 2.24) is 16.0 Å². The number of benzene rings is 1. The lowest BCUT2D eigenvalue weighted by Gasteiger charge is -2.17. The Bertz CT molecular complexity index is 329. The highest BCUT2D eigenvalue weighted by molar-refractivity contribution is 5.18. The first kappa shape index (κ1) is 18.1. The van der Waals surface area contributed by atoms with Gasteiger partial charge in [-0.3, -0.25) is 0 Å². The van der Waals surface area contributed by atoms with Gasteiger partial charge in [-0.25, -0.2) is 0 Å². The van der Waals surface area contributed by atoms with Crippen molar-refractivity contribution in [1.29, 1.82) is 0 Å². The minimum atomic E-state index is 0.476. The molecule has 0 saturated carbocycles. The van der Waals surface area contributed by atoms with Crippen LogP contribution in [0.25, 0.3) is 0 Å². The molecule has 120 valence electrons. The Morgan fingerprint density at radius 3 is 2.19 bits per heavy atom. The van der Waals surface area contributed by atoms with Crippen LogP contribution in [0.15, 0.2) is 30.3 Å². The standard InChI is InChI=1S/C17H32N4/c1-2-17(16-8-4-3-5-9-16)21-13-7-12-20-15-14-19-11-6-10-18/h3-5,8-9,17,19-21H,2,6-7,10-15,18H2,1H3. The van der Waals surface area contributed by atoms with Gasteiger partial charge in [0.05, 0.1) is 0 Å². The highest BCUT2D eigenvalue weighted by Gasteiger charge is 2.06. The van der Waals surface area contributed by atoms with E-state index in [-0.39, 0.29) is 0 Å². The first-order valence-electron chi connectivity index (χ1n) is 8.28. The summed E-state index contributed by atoms with van der Waals surface area (Å²) >= 11 is 0. The van der Waals surface area contributed by atoms with Crippen molar-refractivity contribution in [2.24, 2.45) is 5.73 Å². The zero-order chi connectivity index (χ0) is 15.2. The van der Waals surface area contributed by atoms with Crippen LogP contribution in [0.2, 0.25) is 0 Å². The van der Waals surface area contributed by atoms with Crippen molar-refractivity contribution in [3.05, 3.63) is 35.9 Å². The molecule has 0 heterocycles. The van der Waals surface area contributed by atoms with E-state index in [2.05, 4.69) is 53.2 Å². The second kappa shape index (κ2) is 12.8. The van der Waals surface area contributed by atoms with Gasteiger partial charge >= 0.3 is 0 Å². The number of nitrogens with one attached hydrogen (secondary N) is 3. The third-order valence-electron chi connectivity index (χ3n) is 3.57. The van der Waals surface area contributed by atoms with Crippen LogP contribution in [0.5, 0.6) is 0 Å². The fourth-order valence-electron chi connectivity index (χ4n) is 2.33. The summed E-state index contributed by atoms with van der Waals surface area (Å²) in [6.07, 6.45) is 3.34. The van der Waals surface area contributed by atoms with Gasteiger partial charge in [0.2, 0.25) is 0 Å². The Kier molecular flexibility index (Phi) is 11.0. The van der Waals surface area contributed by atoms with Crippen LogP contribution in [0.1, 0.15) is 37.8 Å². The lowest BCUT2D eigenvalue weighted by atomic mass is 10.0. The molecule has 1 aromatic carbocycles. The topological polar surface area (TPSA) is 62.1 Å². The molecular weight excluding hydrogens is 260 g/mol. The van der Waals surface area contributed by atoms with E-state index in [0.717, 1.165) is 58.5 Å². The maximum atomic E-state index is 5.44. The maximum Gasteiger partial charge on any atom is 0.0317 e. The predicted molar refractivity (Wildman–Crippen MR) is 91.5 cm³/mol. The lowest BCUT2D eigenvalue weighted by Crippen LogP contribution is -2.31. The SMILES string of the molecule is CCC(NCCCNCCNCCCN)c1ccccc1. The van der Waals surface area contributed by atoms with E-state index in [9.17, 15) is 0 Å². The van der Waals surface area contributed by atoms with Gasteiger partial charge in [-0.2, -0.15) is 0 Å². The first-order chi connectivity index (χ1) is 10.4. The Morgan fingerprint density at radius 1 is 0.905 bits per heavy atom. The van der Waals surface area contributed by atoms with Crippen molar-refractivity contribution in [3.8, 4) is 0 Å². The second-order valence-electron chi connectivity index (χ2n) is 5.32. The summed E-state index contributed by atoms with van der Waals surface area (Å²) in [5, 5.41) is 10.5. The summed E-state index contributed by atoms with van der Waals surface area (Å²) in [7, 11) is 0. The Labute approximate surface area is 129 Å². The summed E-state index contributed by atoms with van der Waals surface area (Å²) in [4.78, 5) is 0. The molecule has 1 unspecified atom stereocenters. The van der Waals surface area contributed by atoms with E-state index in [1.807, 2.05) is 0 Å². The fraction of sp³-hybridized carbons (Fsp3) is 0.647. The number of hydrogen-bond donors (Lipinski definition) is 4. The molecule has 21 heavy (non-hydrogen) atoms. The van der Waals surface area contributed by atoms with E-state index in [4.69, 9.17) is 5.73 Å². The summed E-state index contributed by atoms with van der Waals surface area (Å²) in [5.41, 5.74) is 6.83. The third-order valence-corrected chi connectivity index (χ3v) is 3.57. The van der Waals surface area contributed by atoms with E-state index in [1.54, 1.807) is 0 Å². The smallest absolute Gasteiger partial charge is 0.0317 e. The average molecular weight is 292 g/mol. The third kappa shape index (κ3) is 8.83. The summed E-state index contributed by atoms with van der Waals surface area (Å²) in [6.45, 7) is 8.20. The maximum absolute atomic E-state index is 5.44. The molecule has 5 N–H and O–H groups in total. The van der Waals surface area contributed by atoms with Crippen LogP contribution in [0.4, 0.5) is 0 Å². The van der Waals surface area contributed by atoms with Crippen molar-refractivity contribution >= 4 is 0 Å². The summed E-state index contributed by atoms with van der Waals surface area (Å²) in [6, 6.07) is 11.2. The number of rotatable bonds is 13. The molecule has 0 fully saturated rings. The molecule has 0 bridgehead atoms. The van der Waals surface area contributed by atoms with Crippen LogP contribution < -0.4 is 21.7 Å². The van der Waals surface area contributed by atoms with Gasteiger partial charge in [0.25, 0.3) is 0 Å². The molecule has 0 aliphatic rings. The van der Waals surface area contributed by atoms with Crippen LogP contribution in [-0.2, 0) is 0 Å². The highest BCUT2D eigenvalue weighted by atomic mass is 14.9. The quantitative estimate of drug-likeness (QED) is 0.418. The first-order valence-corrected chi connectivity index (χ1v) is 8.28. The Balaban J connectivity index is 1.98. The minimum Gasteiger partial charge on any atom is -0.330 e. The molecule has 1 rings (SSSR count). The van der Waals surface area contributed by atoms with Gasteiger partial charge in [0.15, 0.2) is 0 Å².